The van der Waals surface area contributed by atoms with Crippen LogP contribution < -0.4 is 0 Å². The predicted molar refractivity (Wildman–Crippen MR) is 226 cm³/mol. The van der Waals surface area contributed by atoms with Crippen LogP contribution in [0.5, 0.6) is 0 Å². The minimum atomic E-state index is 0.607. The van der Waals surface area contributed by atoms with Crippen molar-refractivity contribution in [2.45, 2.75) is 0 Å². The molecule has 11 aromatic rings. The largest absolute Gasteiger partial charge is 0.309 e. The van der Waals surface area contributed by atoms with Gasteiger partial charge < -0.3 is 13.7 Å². The summed E-state index contributed by atoms with van der Waals surface area (Å²) in [7, 11) is 0. The molecule has 3 heterocycles. The van der Waals surface area contributed by atoms with E-state index in [0.29, 0.717) is 11.3 Å². The summed E-state index contributed by atoms with van der Waals surface area (Å²) in [6.45, 7) is 7.68. The van der Waals surface area contributed by atoms with Crippen LogP contribution in [0.15, 0.2) is 176 Å². The molecule has 3 aromatic heterocycles. The van der Waals surface area contributed by atoms with Crippen LogP contribution in [0.2, 0.25) is 0 Å². The van der Waals surface area contributed by atoms with Gasteiger partial charge in [-0.25, -0.2) is 4.85 Å². The second-order valence-electron chi connectivity index (χ2n) is 13.9. The molecule has 0 saturated carbocycles. The molecule has 0 radical (unpaired) electrons. The van der Waals surface area contributed by atoms with Crippen molar-refractivity contribution in [1.82, 2.24) is 13.7 Å². The van der Waals surface area contributed by atoms with E-state index in [-0.39, 0.29) is 0 Å². The molecule has 0 bridgehead atoms. The highest BCUT2D eigenvalue weighted by molar-refractivity contribution is 6.17. The summed E-state index contributed by atoms with van der Waals surface area (Å²) in [5.74, 6) is 0. The number of aromatic nitrogens is 3. The van der Waals surface area contributed by atoms with Crippen molar-refractivity contribution in [2.75, 3.05) is 0 Å². The first-order valence-corrected chi connectivity index (χ1v) is 18.3. The van der Waals surface area contributed by atoms with E-state index in [1.54, 1.807) is 0 Å². The van der Waals surface area contributed by atoms with Crippen LogP contribution in [0.3, 0.4) is 0 Å². The molecule has 5 heteroatoms. The van der Waals surface area contributed by atoms with Crippen LogP contribution in [0.1, 0.15) is 5.56 Å². The second-order valence-corrected chi connectivity index (χ2v) is 13.9. The minimum absolute atomic E-state index is 0.607. The number of nitriles is 1. The number of hydrogen-bond acceptors (Lipinski definition) is 1. The van der Waals surface area contributed by atoms with E-state index in [0.717, 1.165) is 71.8 Å². The van der Waals surface area contributed by atoms with Gasteiger partial charge in [0.05, 0.1) is 62.7 Å². The second kappa shape index (κ2) is 11.8. The summed E-state index contributed by atoms with van der Waals surface area (Å²) in [6, 6.07) is 63.7. The molecule has 0 aliphatic heterocycles. The third-order valence-corrected chi connectivity index (χ3v) is 11.1. The van der Waals surface area contributed by atoms with E-state index in [1.165, 1.54) is 21.8 Å². The van der Waals surface area contributed by atoms with Crippen molar-refractivity contribution in [1.29, 1.82) is 5.26 Å². The summed E-state index contributed by atoms with van der Waals surface area (Å²) >= 11 is 0. The molecule has 0 unspecified atom stereocenters. The molecule has 0 saturated heterocycles. The molecule has 0 N–H and O–H groups in total. The third kappa shape index (κ3) is 4.45. The van der Waals surface area contributed by atoms with Gasteiger partial charge in [0.2, 0.25) is 0 Å². The van der Waals surface area contributed by atoms with Gasteiger partial charge in [-0.15, -0.1) is 0 Å². The molecule has 0 spiro atoms. The van der Waals surface area contributed by atoms with Gasteiger partial charge in [-0.3, -0.25) is 0 Å². The van der Waals surface area contributed by atoms with Crippen molar-refractivity contribution in [2.24, 2.45) is 0 Å². The number of fused-ring (bicyclic) bond motifs is 9. The van der Waals surface area contributed by atoms with E-state index in [4.69, 9.17) is 6.57 Å². The first-order valence-electron chi connectivity index (χ1n) is 18.3. The van der Waals surface area contributed by atoms with Crippen LogP contribution in [0.25, 0.3) is 98.5 Å². The molecule has 0 aliphatic carbocycles. The normalized spacial score (nSPS) is 11.6. The van der Waals surface area contributed by atoms with Crippen LogP contribution in [0, 0.1) is 17.9 Å². The monoisotopic (exact) mass is 699 g/mol. The maximum absolute atomic E-state index is 10.1. The third-order valence-electron chi connectivity index (χ3n) is 11.1. The zero-order valence-corrected chi connectivity index (χ0v) is 29.5. The summed E-state index contributed by atoms with van der Waals surface area (Å²) in [5.41, 5.74) is 13.0. The van der Waals surface area contributed by atoms with E-state index in [2.05, 4.69) is 176 Å². The highest BCUT2D eigenvalue weighted by atomic mass is 15.0. The maximum Gasteiger partial charge on any atom is 0.188 e. The fourth-order valence-electron chi connectivity index (χ4n) is 8.76. The Morgan fingerprint density at radius 3 is 1.64 bits per heavy atom. The molecule has 0 atom stereocenters. The molecule has 0 aliphatic rings. The molecular weight excluding hydrogens is 671 g/mol. The molecule has 5 nitrogen and oxygen atoms in total. The van der Waals surface area contributed by atoms with E-state index in [1.807, 2.05) is 24.3 Å². The molecule has 0 amide bonds. The molecule has 55 heavy (non-hydrogen) atoms. The van der Waals surface area contributed by atoms with Crippen molar-refractivity contribution in [3.05, 3.63) is 193 Å². The van der Waals surface area contributed by atoms with Gasteiger partial charge in [0.25, 0.3) is 0 Å². The maximum atomic E-state index is 10.1. The van der Waals surface area contributed by atoms with Crippen molar-refractivity contribution in [3.63, 3.8) is 0 Å². The highest BCUT2D eigenvalue weighted by Crippen LogP contribution is 2.42. The average Bonchev–Trinajstić information content (AvgIpc) is 3.89. The van der Waals surface area contributed by atoms with Crippen molar-refractivity contribution < 1.29 is 0 Å². The Morgan fingerprint density at radius 1 is 0.436 bits per heavy atom. The van der Waals surface area contributed by atoms with Gasteiger partial charge in [-0.05, 0) is 89.8 Å². The van der Waals surface area contributed by atoms with E-state index >= 15 is 0 Å². The summed E-state index contributed by atoms with van der Waals surface area (Å²) in [6.07, 6.45) is 0. The lowest BCUT2D eigenvalue weighted by Crippen LogP contribution is -1.99. The Labute approximate surface area is 316 Å². The van der Waals surface area contributed by atoms with Gasteiger partial charge >= 0.3 is 0 Å². The van der Waals surface area contributed by atoms with Crippen LogP contribution in [0.4, 0.5) is 5.69 Å². The van der Waals surface area contributed by atoms with Crippen LogP contribution in [-0.2, 0) is 0 Å². The number of rotatable bonds is 4. The molecule has 0 fully saturated rings. The zero-order valence-electron chi connectivity index (χ0n) is 29.5. The molecule has 11 rings (SSSR count). The van der Waals surface area contributed by atoms with Gasteiger partial charge in [0.1, 0.15) is 0 Å². The lowest BCUT2D eigenvalue weighted by atomic mass is 10.00. The average molecular weight is 700 g/mol. The number of benzene rings is 8. The molecule has 254 valence electrons. The van der Waals surface area contributed by atoms with Gasteiger partial charge in [-0.1, -0.05) is 97.1 Å². The van der Waals surface area contributed by atoms with E-state index < -0.39 is 0 Å². The Kier molecular flexibility index (Phi) is 6.61. The smallest absolute Gasteiger partial charge is 0.188 e. The standard InChI is InChI=1S/C50H29N5/c1-52-34-24-28-47-41(30-34)38-13-4-8-17-44(38)54(47)48-19-10-20-49-50(48)39-14-5-9-18-45(39)55(49)46-27-21-32(31-51)29-40(46)33-22-25-35(26-23-33)53-42-15-6-2-11-36(42)37-12-3-7-16-43(37)53/h2-30H. The first kappa shape index (κ1) is 30.7. The lowest BCUT2D eigenvalue weighted by Gasteiger charge is -2.16. The SMILES string of the molecule is [C-]#[N+]c1ccc2c(c1)c1ccccc1n2-c1cccc2c1c1ccccc1n2-c1ccc(C#N)cc1-c1ccc(-n2c3ccccc3c3ccccc32)cc1. The molecule has 8 aromatic carbocycles. The highest BCUT2D eigenvalue weighted by Gasteiger charge is 2.21. The number of hydrogen-bond donors (Lipinski definition) is 0. The van der Waals surface area contributed by atoms with Gasteiger partial charge in [0, 0.05) is 38.2 Å². The fraction of sp³-hybridized carbons (Fsp3) is 0. The van der Waals surface area contributed by atoms with Crippen LogP contribution >= 0.6 is 0 Å². The Balaban J connectivity index is 1.15. The van der Waals surface area contributed by atoms with E-state index in [9.17, 15) is 5.26 Å². The first-order chi connectivity index (χ1) is 27.2. The predicted octanol–water partition coefficient (Wildman–Crippen LogP) is 13.1. The summed E-state index contributed by atoms with van der Waals surface area (Å²) in [4.78, 5) is 3.74. The Hall–Kier alpha value is -7.86. The van der Waals surface area contributed by atoms with Gasteiger partial charge in [0.15, 0.2) is 5.69 Å². The zero-order chi connectivity index (χ0) is 36.6. The summed E-state index contributed by atoms with van der Waals surface area (Å²) in [5, 5.41) is 17.0. The van der Waals surface area contributed by atoms with Gasteiger partial charge in [-0.2, -0.15) is 5.26 Å². The summed E-state index contributed by atoms with van der Waals surface area (Å²) < 4.78 is 7.01. The molecular formula is C50H29N5. The Morgan fingerprint density at radius 2 is 0.982 bits per heavy atom. The van der Waals surface area contributed by atoms with Crippen molar-refractivity contribution in [3.8, 4) is 34.3 Å². The quantitative estimate of drug-likeness (QED) is 0.169. The lowest BCUT2D eigenvalue weighted by molar-refractivity contribution is 1.16. The van der Waals surface area contributed by atoms with Crippen LogP contribution in [-0.4, -0.2) is 13.7 Å². The minimum Gasteiger partial charge on any atom is -0.309 e. The number of nitrogens with zero attached hydrogens (tertiary/aromatic N) is 5. The topological polar surface area (TPSA) is 42.9 Å². The van der Waals surface area contributed by atoms with Crippen molar-refractivity contribution >= 4 is 71.1 Å². The fourth-order valence-corrected chi connectivity index (χ4v) is 8.76. The Bertz CT molecular complexity index is 3400. The number of para-hydroxylation sites is 4.